The molecule has 112 valence electrons. The summed E-state index contributed by atoms with van der Waals surface area (Å²) in [6, 6.07) is 5.11. The summed E-state index contributed by atoms with van der Waals surface area (Å²) < 4.78 is 38.2. The first-order valence-electron chi connectivity index (χ1n) is 6.44. The fourth-order valence-electron chi connectivity index (χ4n) is 2.47. The van der Waals surface area contributed by atoms with Crippen molar-refractivity contribution in [1.29, 1.82) is 5.26 Å². The van der Waals surface area contributed by atoms with Gasteiger partial charge in [-0.3, -0.25) is 4.79 Å². The highest BCUT2D eigenvalue weighted by atomic mass is 19.4. The number of halogens is 3. The van der Waals surface area contributed by atoms with Crippen molar-refractivity contribution in [2.24, 2.45) is 0 Å². The van der Waals surface area contributed by atoms with Crippen LogP contribution in [-0.4, -0.2) is 25.0 Å². The zero-order valence-electron chi connectivity index (χ0n) is 11.4. The Labute approximate surface area is 120 Å². The van der Waals surface area contributed by atoms with Gasteiger partial charge in [-0.2, -0.15) is 18.4 Å². The maximum Gasteiger partial charge on any atom is 0.417 e. The Bertz CT molecular complexity index is 592. The summed E-state index contributed by atoms with van der Waals surface area (Å²) in [7, 11) is 0. The summed E-state index contributed by atoms with van der Waals surface area (Å²) in [5.74, 6) is -0.132. The average Bonchev–Trinajstić information content (AvgIpc) is 2.84. The van der Waals surface area contributed by atoms with Gasteiger partial charge in [-0.15, -0.1) is 0 Å². The normalized spacial score (nSPS) is 18.4. The first-order chi connectivity index (χ1) is 9.81. The Morgan fingerprint density at radius 2 is 2.19 bits per heavy atom. The molecule has 1 saturated heterocycles. The zero-order chi connectivity index (χ0) is 15.6. The number of alkyl halides is 3. The van der Waals surface area contributed by atoms with E-state index in [-0.39, 0.29) is 17.5 Å². The third-order valence-corrected chi connectivity index (χ3v) is 3.39. The number of carbonyl (C=O) groups excluding carboxylic acids is 1. The maximum absolute atomic E-state index is 12.7. The van der Waals surface area contributed by atoms with E-state index in [0.717, 1.165) is 12.5 Å². The lowest BCUT2D eigenvalue weighted by Gasteiger charge is -2.20. The molecule has 7 heteroatoms. The number of hydrogen-bond donors (Lipinski definition) is 1. The van der Waals surface area contributed by atoms with Gasteiger partial charge in [0.15, 0.2) is 0 Å². The molecule has 4 nitrogen and oxygen atoms in total. The quantitative estimate of drug-likeness (QED) is 0.911. The fraction of sp³-hybridized carbons (Fsp3) is 0.429. The molecule has 21 heavy (non-hydrogen) atoms. The molecular formula is C14H14F3N3O. The Balaban J connectivity index is 2.20. The van der Waals surface area contributed by atoms with Crippen LogP contribution in [0.4, 0.5) is 18.9 Å². The number of rotatable bonds is 2. The van der Waals surface area contributed by atoms with E-state index in [0.29, 0.717) is 18.8 Å². The van der Waals surface area contributed by atoms with Gasteiger partial charge in [0.2, 0.25) is 5.91 Å². The lowest BCUT2D eigenvalue weighted by Crippen LogP contribution is -2.35. The molecule has 1 N–H and O–H groups in total. The number of anilines is 1. The Morgan fingerprint density at radius 1 is 1.48 bits per heavy atom. The summed E-state index contributed by atoms with van der Waals surface area (Å²) in [6.07, 6.45) is -3.81. The minimum Gasteiger partial charge on any atom is -0.369 e. The van der Waals surface area contributed by atoms with E-state index in [1.54, 1.807) is 6.07 Å². The smallest absolute Gasteiger partial charge is 0.369 e. The van der Waals surface area contributed by atoms with Crippen molar-refractivity contribution in [1.82, 2.24) is 5.32 Å². The molecular weight excluding hydrogens is 283 g/mol. The van der Waals surface area contributed by atoms with Crippen molar-refractivity contribution in [2.75, 3.05) is 18.0 Å². The Morgan fingerprint density at radius 3 is 2.76 bits per heavy atom. The first-order valence-corrected chi connectivity index (χ1v) is 6.44. The second kappa shape index (κ2) is 5.64. The van der Waals surface area contributed by atoms with Crippen molar-refractivity contribution in [3.63, 3.8) is 0 Å². The Kier molecular flexibility index (Phi) is 4.07. The minimum atomic E-state index is -4.53. The van der Waals surface area contributed by atoms with Gasteiger partial charge in [0, 0.05) is 31.7 Å². The van der Waals surface area contributed by atoms with Gasteiger partial charge < -0.3 is 10.2 Å². The van der Waals surface area contributed by atoms with Crippen molar-refractivity contribution >= 4 is 11.6 Å². The van der Waals surface area contributed by atoms with Crippen LogP contribution in [-0.2, 0) is 11.0 Å². The van der Waals surface area contributed by atoms with Gasteiger partial charge in [0.1, 0.15) is 0 Å². The molecule has 1 heterocycles. The van der Waals surface area contributed by atoms with Gasteiger partial charge >= 0.3 is 6.18 Å². The van der Waals surface area contributed by atoms with E-state index in [1.807, 2.05) is 4.90 Å². The minimum absolute atomic E-state index is 0.0182. The van der Waals surface area contributed by atoms with Crippen LogP contribution >= 0.6 is 0 Å². The fourth-order valence-corrected chi connectivity index (χ4v) is 2.47. The van der Waals surface area contributed by atoms with Crippen LogP contribution in [0.1, 0.15) is 24.5 Å². The van der Waals surface area contributed by atoms with Crippen LogP contribution in [0.15, 0.2) is 18.2 Å². The molecule has 1 amide bonds. The first kappa shape index (κ1) is 15.2. The molecule has 2 rings (SSSR count). The molecule has 1 aliphatic rings. The molecule has 1 atom stereocenters. The molecule has 0 radical (unpaired) electrons. The van der Waals surface area contributed by atoms with E-state index in [9.17, 15) is 18.0 Å². The van der Waals surface area contributed by atoms with Gasteiger partial charge in [-0.25, -0.2) is 0 Å². The van der Waals surface area contributed by atoms with Crippen molar-refractivity contribution in [2.45, 2.75) is 25.6 Å². The van der Waals surface area contributed by atoms with Gasteiger partial charge in [-0.1, -0.05) is 0 Å². The van der Waals surface area contributed by atoms with E-state index < -0.39 is 11.7 Å². The highest BCUT2D eigenvalue weighted by molar-refractivity contribution is 5.73. The molecule has 0 bridgehead atoms. The van der Waals surface area contributed by atoms with Crippen LogP contribution in [0.3, 0.4) is 0 Å². The van der Waals surface area contributed by atoms with E-state index >= 15 is 0 Å². The van der Waals surface area contributed by atoms with E-state index in [1.165, 1.54) is 19.1 Å². The molecule has 1 unspecified atom stereocenters. The van der Waals surface area contributed by atoms with Crippen molar-refractivity contribution in [3.8, 4) is 6.07 Å². The highest BCUT2D eigenvalue weighted by Crippen LogP contribution is 2.34. The van der Waals surface area contributed by atoms with Crippen LogP contribution in [0.5, 0.6) is 0 Å². The molecule has 0 aromatic heterocycles. The Hall–Kier alpha value is -2.23. The third kappa shape index (κ3) is 3.45. The standard InChI is InChI=1S/C14H14F3N3O/c1-9(21)19-11-4-5-20(8-11)12-2-3-13(14(15,16)17)10(6-12)7-18/h2-3,6,11H,4-5,8H2,1H3,(H,19,21). The number of benzene rings is 1. The van der Waals surface area contributed by atoms with Gasteiger partial charge in [0.05, 0.1) is 17.2 Å². The van der Waals surface area contributed by atoms with Crippen LogP contribution in [0.25, 0.3) is 0 Å². The molecule has 1 fully saturated rings. The van der Waals surface area contributed by atoms with Crippen LogP contribution in [0.2, 0.25) is 0 Å². The third-order valence-electron chi connectivity index (χ3n) is 3.39. The monoisotopic (exact) mass is 297 g/mol. The van der Waals surface area contributed by atoms with E-state index in [4.69, 9.17) is 5.26 Å². The maximum atomic E-state index is 12.7. The number of hydrogen-bond acceptors (Lipinski definition) is 3. The average molecular weight is 297 g/mol. The number of carbonyl (C=O) groups is 1. The second-order valence-corrected chi connectivity index (χ2v) is 4.97. The van der Waals surface area contributed by atoms with Gasteiger partial charge in [-0.05, 0) is 24.6 Å². The lowest BCUT2D eigenvalue weighted by molar-refractivity contribution is -0.137. The van der Waals surface area contributed by atoms with Crippen molar-refractivity contribution in [3.05, 3.63) is 29.3 Å². The second-order valence-electron chi connectivity index (χ2n) is 4.97. The van der Waals surface area contributed by atoms with Crippen molar-refractivity contribution < 1.29 is 18.0 Å². The molecule has 0 saturated carbocycles. The summed E-state index contributed by atoms with van der Waals surface area (Å²) in [5, 5.41) is 11.7. The predicted octanol–water partition coefficient (Wildman–Crippen LogP) is 2.29. The van der Waals surface area contributed by atoms with Gasteiger partial charge in [0.25, 0.3) is 0 Å². The van der Waals surface area contributed by atoms with Crippen LogP contribution in [0, 0.1) is 11.3 Å². The zero-order valence-corrected chi connectivity index (χ0v) is 11.4. The summed E-state index contributed by atoms with van der Waals surface area (Å²) >= 11 is 0. The number of amides is 1. The summed E-state index contributed by atoms with van der Waals surface area (Å²) in [5.41, 5.74) is -0.748. The molecule has 1 aliphatic heterocycles. The summed E-state index contributed by atoms with van der Waals surface area (Å²) in [4.78, 5) is 12.9. The lowest BCUT2D eigenvalue weighted by atomic mass is 10.1. The predicted molar refractivity (Wildman–Crippen MR) is 70.6 cm³/mol. The summed E-state index contributed by atoms with van der Waals surface area (Å²) in [6.45, 7) is 2.57. The highest BCUT2D eigenvalue weighted by Gasteiger charge is 2.34. The van der Waals surface area contributed by atoms with Crippen LogP contribution < -0.4 is 10.2 Å². The number of nitrogens with one attached hydrogen (secondary N) is 1. The topological polar surface area (TPSA) is 56.1 Å². The number of nitrogens with zero attached hydrogens (tertiary/aromatic N) is 2. The molecule has 0 aliphatic carbocycles. The molecule has 0 spiro atoms. The molecule has 1 aromatic carbocycles. The molecule has 1 aromatic rings. The van der Waals surface area contributed by atoms with E-state index in [2.05, 4.69) is 5.32 Å². The number of nitriles is 1. The SMILES string of the molecule is CC(=O)NC1CCN(c2ccc(C(F)(F)F)c(C#N)c2)C1. The largest absolute Gasteiger partial charge is 0.417 e.